The van der Waals surface area contributed by atoms with Gasteiger partial charge in [-0.2, -0.15) is 0 Å². The SMILES string of the molecule is COCCCCc1ccc2c(c1)nc(NC(=O)c1ccnc(-c3cccnc3)c1)n2CC(C)(C)O. The number of imidazole rings is 1. The summed E-state index contributed by atoms with van der Waals surface area (Å²) < 4.78 is 6.99. The topological polar surface area (TPSA) is 102 Å². The number of ether oxygens (including phenoxy) is 1. The summed E-state index contributed by atoms with van der Waals surface area (Å²) >= 11 is 0. The first-order chi connectivity index (χ1) is 16.8. The van der Waals surface area contributed by atoms with Crippen molar-refractivity contribution < 1.29 is 14.6 Å². The van der Waals surface area contributed by atoms with E-state index in [4.69, 9.17) is 9.72 Å². The van der Waals surface area contributed by atoms with Crippen LogP contribution in [0.3, 0.4) is 0 Å². The van der Waals surface area contributed by atoms with Gasteiger partial charge < -0.3 is 14.4 Å². The van der Waals surface area contributed by atoms with Crippen molar-refractivity contribution in [2.75, 3.05) is 19.0 Å². The number of carbonyl (C=O) groups excluding carboxylic acids is 1. The largest absolute Gasteiger partial charge is 0.389 e. The molecule has 0 spiro atoms. The summed E-state index contributed by atoms with van der Waals surface area (Å²) in [5.41, 5.74) is 3.77. The highest BCUT2D eigenvalue weighted by Gasteiger charge is 2.21. The maximum absolute atomic E-state index is 13.2. The molecule has 3 heterocycles. The minimum atomic E-state index is -0.990. The average Bonchev–Trinajstić information content (AvgIpc) is 3.17. The number of unbranched alkanes of at least 4 members (excludes halogenated alkanes) is 1. The van der Waals surface area contributed by atoms with Crippen LogP contribution in [0.5, 0.6) is 0 Å². The van der Waals surface area contributed by atoms with Crippen LogP contribution in [-0.2, 0) is 17.7 Å². The Balaban J connectivity index is 1.62. The van der Waals surface area contributed by atoms with Crippen LogP contribution in [0.4, 0.5) is 5.95 Å². The molecule has 8 heteroatoms. The van der Waals surface area contributed by atoms with Crippen molar-refractivity contribution in [3.05, 3.63) is 72.2 Å². The van der Waals surface area contributed by atoms with E-state index in [-0.39, 0.29) is 12.5 Å². The van der Waals surface area contributed by atoms with E-state index < -0.39 is 5.60 Å². The second kappa shape index (κ2) is 10.8. The van der Waals surface area contributed by atoms with E-state index >= 15 is 0 Å². The molecule has 1 aromatic carbocycles. The van der Waals surface area contributed by atoms with Gasteiger partial charge in [-0.3, -0.25) is 20.1 Å². The van der Waals surface area contributed by atoms with Crippen LogP contribution in [0, 0.1) is 0 Å². The molecule has 8 nitrogen and oxygen atoms in total. The molecule has 0 radical (unpaired) electrons. The highest BCUT2D eigenvalue weighted by atomic mass is 16.5. The van der Waals surface area contributed by atoms with Gasteiger partial charge in [0.1, 0.15) is 0 Å². The van der Waals surface area contributed by atoms with E-state index in [0.29, 0.717) is 17.2 Å². The quantitative estimate of drug-likeness (QED) is 0.329. The Hall–Kier alpha value is -3.62. The minimum absolute atomic E-state index is 0.281. The smallest absolute Gasteiger partial charge is 0.258 e. The molecule has 0 aliphatic rings. The van der Waals surface area contributed by atoms with Gasteiger partial charge in [0, 0.05) is 43.4 Å². The van der Waals surface area contributed by atoms with Crippen LogP contribution >= 0.6 is 0 Å². The van der Waals surface area contributed by atoms with Crippen LogP contribution in [-0.4, -0.2) is 49.9 Å². The second-order valence-electron chi connectivity index (χ2n) is 9.23. The van der Waals surface area contributed by atoms with E-state index in [1.165, 1.54) is 5.56 Å². The van der Waals surface area contributed by atoms with Crippen molar-refractivity contribution >= 4 is 22.9 Å². The number of hydrogen-bond donors (Lipinski definition) is 2. The zero-order chi connectivity index (χ0) is 24.8. The van der Waals surface area contributed by atoms with Gasteiger partial charge in [-0.25, -0.2) is 4.98 Å². The number of nitrogens with one attached hydrogen (secondary N) is 1. The summed E-state index contributed by atoms with van der Waals surface area (Å²) in [5, 5.41) is 13.5. The number of anilines is 1. The van der Waals surface area contributed by atoms with Gasteiger partial charge >= 0.3 is 0 Å². The Morgan fingerprint density at radius 1 is 1.14 bits per heavy atom. The minimum Gasteiger partial charge on any atom is -0.389 e. The molecule has 0 bridgehead atoms. The predicted octanol–water partition coefficient (Wildman–Crippen LogP) is 4.49. The first-order valence-electron chi connectivity index (χ1n) is 11.7. The monoisotopic (exact) mass is 473 g/mol. The molecular weight excluding hydrogens is 442 g/mol. The summed E-state index contributed by atoms with van der Waals surface area (Å²) in [6.07, 6.45) is 7.95. The molecule has 0 unspecified atom stereocenters. The molecule has 3 aromatic heterocycles. The molecule has 0 aliphatic heterocycles. The maximum Gasteiger partial charge on any atom is 0.258 e. The molecule has 1 amide bonds. The lowest BCUT2D eigenvalue weighted by atomic mass is 10.1. The Bertz CT molecular complexity index is 1300. The molecule has 2 N–H and O–H groups in total. The number of pyridine rings is 2. The fourth-order valence-corrected chi connectivity index (χ4v) is 3.97. The third kappa shape index (κ3) is 6.29. The van der Waals surface area contributed by atoms with E-state index in [1.807, 2.05) is 28.8 Å². The molecule has 35 heavy (non-hydrogen) atoms. The number of aromatic nitrogens is 4. The van der Waals surface area contributed by atoms with E-state index in [9.17, 15) is 9.90 Å². The predicted molar refractivity (Wildman–Crippen MR) is 136 cm³/mol. The number of hydrogen-bond acceptors (Lipinski definition) is 6. The van der Waals surface area contributed by atoms with Gasteiger partial charge in [0.25, 0.3) is 5.91 Å². The molecule has 0 saturated heterocycles. The van der Waals surface area contributed by atoms with Gasteiger partial charge in [-0.15, -0.1) is 0 Å². The van der Waals surface area contributed by atoms with Gasteiger partial charge in [0.2, 0.25) is 5.95 Å². The summed E-state index contributed by atoms with van der Waals surface area (Å²) in [6, 6.07) is 13.2. The number of aryl methyl sites for hydroxylation is 1. The summed E-state index contributed by atoms with van der Waals surface area (Å²) in [5.74, 6) is 0.0908. The third-order valence-corrected chi connectivity index (χ3v) is 5.63. The molecule has 4 aromatic rings. The van der Waals surface area contributed by atoms with Crippen molar-refractivity contribution in [1.29, 1.82) is 0 Å². The molecule has 0 atom stereocenters. The molecule has 0 aliphatic carbocycles. The number of nitrogens with zero attached hydrogens (tertiary/aromatic N) is 4. The highest BCUT2D eigenvalue weighted by Crippen LogP contribution is 2.25. The highest BCUT2D eigenvalue weighted by molar-refractivity contribution is 6.04. The van der Waals surface area contributed by atoms with Crippen molar-refractivity contribution in [3.8, 4) is 11.3 Å². The van der Waals surface area contributed by atoms with Gasteiger partial charge in [-0.05, 0) is 75.1 Å². The van der Waals surface area contributed by atoms with Crippen LogP contribution in [0.2, 0.25) is 0 Å². The van der Waals surface area contributed by atoms with E-state index in [1.54, 1.807) is 51.7 Å². The zero-order valence-electron chi connectivity index (χ0n) is 20.4. The number of benzene rings is 1. The van der Waals surface area contributed by atoms with Crippen molar-refractivity contribution in [2.45, 2.75) is 45.3 Å². The first kappa shape index (κ1) is 24.5. The number of rotatable bonds is 10. The van der Waals surface area contributed by atoms with Crippen LogP contribution < -0.4 is 5.32 Å². The van der Waals surface area contributed by atoms with Crippen LogP contribution in [0.15, 0.2) is 61.1 Å². The Morgan fingerprint density at radius 3 is 2.74 bits per heavy atom. The second-order valence-corrected chi connectivity index (χ2v) is 9.23. The van der Waals surface area contributed by atoms with Crippen molar-refractivity contribution in [2.24, 2.45) is 0 Å². The number of fused-ring (bicyclic) bond motifs is 1. The standard InChI is InChI=1S/C27H31N5O3/c1-27(2,34)18-32-24-10-9-19(7-4-5-14-35-3)15-23(24)30-26(32)31-25(33)20-11-13-29-22(16-20)21-8-6-12-28-17-21/h6,8-13,15-17,34H,4-5,7,14,18H2,1-3H3,(H,30,31,33). The lowest BCUT2D eigenvalue weighted by Gasteiger charge is -2.20. The average molecular weight is 474 g/mol. The van der Waals surface area contributed by atoms with Gasteiger partial charge in [0.15, 0.2) is 0 Å². The Morgan fingerprint density at radius 2 is 2.00 bits per heavy atom. The van der Waals surface area contributed by atoms with Gasteiger partial charge in [-0.1, -0.05) is 6.07 Å². The number of amides is 1. The summed E-state index contributed by atoms with van der Waals surface area (Å²) in [4.78, 5) is 26.4. The van der Waals surface area contributed by atoms with Crippen molar-refractivity contribution in [3.63, 3.8) is 0 Å². The molecule has 0 fully saturated rings. The Kier molecular flexibility index (Phi) is 7.53. The van der Waals surface area contributed by atoms with Crippen molar-refractivity contribution in [1.82, 2.24) is 19.5 Å². The Labute approximate surface area is 205 Å². The zero-order valence-corrected chi connectivity index (χ0v) is 20.4. The summed E-state index contributed by atoms with van der Waals surface area (Å²) in [6.45, 7) is 4.50. The molecule has 0 saturated carbocycles. The number of aliphatic hydroxyl groups is 1. The fourth-order valence-electron chi connectivity index (χ4n) is 3.97. The van der Waals surface area contributed by atoms with Gasteiger partial charge in [0.05, 0.1) is 28.9 Å². The van der Waals surface area contributed by atoms with E-state index in [2.05, 4.69) is 21.4 Å². The number of carbonyl (C=O) groups is 1. The van der Waals surface area contributed by atoms with Crippen LogP contribution in [0.25, 0.3) is 22.3 Å². The maximum atomic E-state index is 13.2. The first-order valence-corrected chi connectivity index (χ1v) is 11.7. The fraction of sp³-hybridized carbons (Fsp3) is 0.333. The van der Waals surface area contributed by atoms with Crippen LogP contribution in [0.1, 0.15) is 42.6 Å². The third-order valence-electron chi connectivity index (χ3n) is 5.63. The lowest BCUT2D eigenvalue weighted by molar-refractivity contribution is 0.0630. The molecular formula is C27H31N5O3. The molecule has 4 rings (SSSR count). The molecule has 182 valence electrons. The summed E-state index contributed by atoms with van der Waals surface area (Å²) in [7, 11) is 1.71. The number of methoxy groups -OCH3 is 1. The van der Waals surface area contributed by atoms with E-state index in [0.717, 1.165) is 42.5 Å². The normalized spacial score (nSPS) is 11.7. The lowest BCUT2D eigenvalue weighted by Crippen LogP contribution is -2.27.